The van der Waals surface area contributed by atoms with Gasteiger partial charge in [-0.2, -0.15) is 0 Å². The molecule has 24 heavy (non-hydrogen) atoms. The molecule has 0 aliphatic carbocycles. The van der Waals surface area contributed by atoms with E-state index < -0.39 is 5.97 Å². The molecule has 0 saturated heterocycles. The van der Waals surface area contributed by atoms with Gasteiger partial charge in [0.25, 0.3) is 0 Å². The fraction of sp³-hybridized carbons (Fsp3) is 0.200. The second kappa shape index (κ2) is 8.11. The van der Waals surface area contributed by atoms with E-state index >= 15 is 0 Å². The SMILES string of the molecule is COc1ccc(C(C)=O)cc1COC(=O)/C=C/c1cccc(C)c1. The van der Waals surface area contributed by atoms with Gasteiger partial charge >= 0.3 is 5.97 Å². The summed E-state index contributed by atoms with van der Waals surface area (Å²) in [4.78, 5) is 23.3. The first-order valence-electron chi connectivity index (χ1n) is 7.59. The van der Waals surface area contributed by atoms with Crippen LogP contribution in [0, 0.1) is 6.92 Å². The van der Waals surface area contributed by atoms with E-state index in [0.717, 1.165) is 11.1 Å². The number of carbonyl (C=O) groups is 2. The summed E-state index contributed by atoms with van der Waals surface area (Å²) >= 11 is 0. The third kappa shape index (κ3) is 4.81. The van der Waals surface area contributed by atoms with Gasteiger partial charge in [0.2, 0.25) is 0 Å². The van der Waals surface area contributed by atoms with Crippen molar-refractivity contribution in [1.29, 1.82) is 0 Å². The van der Waals surface area contributed by atoms with E-state index in [-0.39, 0.29) is 12.4 Å². The monoisotopic (exact) mass is 324 g/mol. The maximum atomic E-state index is 11.9. The van der Waals surface area contributed by atoms with E-state index in [0.29, 0.717) is 16.9 Å². The number of aryl methyl sites for hydroxylation is 1. The van der Waals surface area contributed by atoms with Gasteiger partial charge in [-0.3, -0.25) is 4.79 Å². The molecule has 124 valence electrons. The molecule has 0 spiro atoms. The molecular formula is C20H20O4. The summed E-state index contributed by atoms with van der Waals surface area (Å²) in [6.07, 6.45) is 3.09. The van der Waals surface area contributed by atoms with Gasteiger partial charge < -0.3 is 9.47 Å². The number of methoxy groups -OCH3 is 1. The van der Waals surface area contributed by atoms with Crippen molar-refractivity contribution < 1.29 is 19.1 Å². The predicted octanol–water partition coefficient (Wildman–Crippen LogP) is 3.96. The van der Waals surface area contributed by atoms with Crippen LogP contribution < -0.4 is 4.74 Å². The van der Waals surface area contributed by atoms with Gasteiger partial charge in [0.05, 0.1) is 7.11 Å². The quantitative estimate of drug-likeness (QED) is 0.458. The number of ketones is 1. The Labute approximate surface area is 141 Å². The zero-order valence-corrected chi connectivity index (χ0v) is 14.0. The molecule has 2 aromatic rings. The number of ether oxygens (including phenoxy) is 2. The van der Waals surface area contributed by atoms with Crippen LogP contribution in [-0.2, 0) is 16.1 Å². The fourth-order valence-corrected chi connectivity index (χ4v) is 2.25. The van der Waals surface area contributed by atoms with Crippen molar-refractivity contribution in [2.45, 2.75) is 20.5 Å². The van der Waals surface area contributed by atoms with Crippen molar-refractivity contribution in [2.75, 3.05) is 7.11 Å². The van der Waals surface area contributed by atoms with E-state index in [1.807, 2.05) is 31.2 Å². The Morgan fingerprint density at radius 2 is 1.92 bits per heavy atom. The number of rotatable bonds is 6. The van der Waals surface area contributed by atoms with E-state index in [4.69, 9.17) is 9.47 Å². The molecule has 0 amide bonds. The largest absolute Gasteiger partial charge is 0.496 e. The highest BCUT2D eigenvalue weighted by atomic mass is 16.5. The molecule has 0 aliphatic rings. The van der Waals surface area contributed by atoms with Gasteiger partial charge in [-0.1, -0.05) is 29.8 Å². The Bertz CT molecular complexity index is 775. The molecule has 0 saturated carbocycles. The fourth-order valence-electron chi connectivity index (χ4n) is 2.25. The maximum absolute atomic E-state index is 11.9. The van der Waals surface area contributed by atoms with Gasteiger partial charge in [0.15, 0.2) is 5.78 Å². The highest BCUT2D eigenvalue weighted by Gasteiger charge is 2.09. The van der Waals surface area contributed by atoms with Crippen LogP contribution in [0.15, 0.2) is 48.5 Å². The van der Waals surface area contributed by atoms with Gasteiger partial charge in [-0.05, 0) is 43.7 Å². The molecular weight excluding hydrogens is 304 g/mol. The highest BCUT2D eigenvalue weighted by Crippen LogP contribution is 2.21. The Morgan fingerprint density at radius 1 is 1.12 bits per heavy atom. The molecule has 0 bridgehead atoms. The highest BCUT2D eigenvalue weighted by molar-refractivity contribution is 5.94. The van der Waals surface area contributed by atoms with Crippen LogP contribution in [-0.4, -0.2) is 18.9 Å². The summed E-state index contributed by atoms with van der Waals surface area (Å²) in [5, 5.41) is 0. The third-order valence-electron chi connectivity index (χ3n) is 3.51. The molecule has 0 heterocycles. The molecule has 2 rings (SSSR count). The summed E-state index contributed by atoms with van der Waals surface area (Å²) < 4.78 is 10.5. The number of Topliss-reactive ketones (excluding diaryl/α,β-unsaturated/α-hetero) is 1. The van der Waals surface area contributed by atoms with Gasteiger partial charge in [0, 0.05) is 17.2 Å². The van der Waals surface area contributed by atoms with Gasteiger partial charge in [0.1, 0.15) is 12.4 Å². The average molecular weight is 324 g/mol. The third-order valence-corrected chi connectivity index (χ3v) is 3.51. The van der Waals surface area contributed by atoms with Crippen LogP contribution in [0.4, 0.5) is 0 Å². The van der Waals surface area contributed by atoms with E-state index in [9.17, 15) is 9.59 Å². The predicted molar refractivity (Wildman–Crippen MR) is 93.0 cm³/mol. The van der Waals surface area contributed by atoms with Crippen molar-refractivity contribution >= 4 is 17.8 Å². The normalized spacial score (nSPS) is 10.6. The van der Waals surface area contributed by atoms with Crippen molar-refractivity contribution in [2.24, 2.45) is 0 Å². The first-order chi connectivity index (χ1) is 11.5. The van der Waals surface area contributed by atoms with E-state index in [2.05, 4.69) is 0 Å². The lowest BCUT2D eigenvalue weighted by Gasteiger charge is -2.09. The second-order valence-electron chi connectivity index (χ2n) is 5.44. The Kier molecular flexibility index (Phi) is 5.90. The van der Waals surface area contributed by atoms with Crippen molar-refractivity contribution in [1.82, 2.24) is 0 Å². The first kappa shape index (κ1) is 17.5. The second-order valence-corrected chi connectivity index (χ2v) is 5.44. The minimum atomic E-state index is -0.452. The summed E-state index contributed by atoms with van der Waals surface area (Å²) in [6.45, 7) is 3.52. The molecule has 0 atom stereocenters. The molecule has 4 nitrogen and oxygen atoms in total. The Morgan fingerprint density at radius 3 is 2.58 bits per heavy atom. The molecule has 0 radical (unpaired) electrons. The summed E-state index contributed by atoms with van der Waals surface area (Å²) in [5.41, 5.74) is 3.26. The standard InChI is InChI=1S/C20H20O4/c1-14-5-4-6-16(11-14)7-10-20(22)24-13-18-12-17(15(2)21)8-9-19(18)23-3/h4-12H,13H2,1-3H3/b10-7+. The molecule has 2 aromatic carbocycles. The van der Waals surface area contributed by atoms with Crippen LogP contribution in [0.3, 0.4) is 0 Å². The number of hydrogen-bond acceptors (Lipinski definition) is 4. The van der Waals surface area contributed by atoms with Crippen LogP contribution in [0.25, 0.3) is 6.08 Å². The van der Waals surface area contributed by atoms with Gasteiger partial charge in [-0.15, -0.1) is 0 Å². The smallest absolute Gasteiger partial charge is 0.331 e. The molecule has 4 heteroatoms. The molecule has 0 unspecified atom stereocenters. The summed E-state index contributed by atoms with van der Waals surface area (Å²) in [7, 11) is 1.53. The zero-order chi connectivity index (χ0) is 17.5. The topological polar surface area (TPSA) is 52.6 Å². The first-order valence-corrected chi connectivity index (χ1v) is 7.59. The van der Waals surface area contributed by atoms with Crippen LogP contribution >= 0.6 is 0 Å². The van der Waals surface area contributed by atoms with Crippen LogP contribution in [0.5, 0.6) is 5.75 Å². The lowest BCUT2D eigenvalue weighted by molar-refractivity contribution is -0.138. The van der Waals surface area contributed by atoms with Crippen molar-refractivity contribution in [3.63, 3.8) is 0 Å². The Balaban J connectivity index is 2.03. The maximum Gasteiger partial charge on any atom is 0.331 e. The molecule has 0 aliphatic heterocycles. The number of hydrogen-bond donors (Lipinski definition) is 0. The number of benzene rings is 2. The van der Waals surface area contributed by atoms with E-state index in [1.165, 1.54) is 20.1 Å². The van der Waals surface area contributed by atoms with Gasteiger partial charge in [-0.25, -0.2) is 4.79 Å². The number of carbonyl (C=O) groups excluding carboxylic acids is 2. The minimum Gasteiger partial charge on any atom is -0.496 e. The van der Waals surface area contributed by atoms with Crippen LogP contribution in [0.2, 0.25) is 0 Å². The Hall–Kier alpha value is -2.88. The lowest BCUT2D eigenvalue weighted by Crippen LogP contribution is -2.04. The zero-order valence-electron chi connectivity index (χ0n) is 14.0. The van der Waals surface area contributed by atoms with Crippen LogP contribution in [0.1, 0.15) is 34.0 Å². The molecule has 0 N–H and O–H groups in total. The summed E-state index contributed by atoms with van der Waals surface area (Å²) in [6, 6.07) is 12.9. The van der Waals surface area contributed by atoms with Crippen molar-refractivity contribution in [3.8, 4) is 5.75 Å². The minimum absolute atomic E-state index is 0.0429. The average Bonchev–Trinajstić information content (AvgIpc) is 2.57. The van der Waals surface area contributed by atoms with Crippen molar-refractivity contribution in [3.05, 3.63) is 70.8 Å². The van der Waals surface area contributed by atoms with E-state index in [1.54, 1.807) is 24.3 Å². The molecule has 0 aromatic heterocycles. The molecule has 0 fully saturated rings. The lowest BCUT2D eigenvalue weighted by atomic mass is 10.1. The number of esters is 1. The summed E-state index contributed by atoms with van der Waals surface area (Å²) in [5.74, 6) is 0.0758.